The number of nitrogens with one attached hydrogen (secondary N) is 1. The number of amides is 1. The van der Waals surface area contributed by atoms with E-state index in [9.17, 15) is 26.4 Å². The summed E-state index contributed by atoms with van der Waals surface area (Å²) in [6.45, 7) is 3.65. The van der Waals surface area contributed by atoms with Crippen LogP contribution < -0.4 is 9.62 Å². The van der Waals surface area contributed by atoms with Crippen LogP contribution in [0.4, 0.5) is 18.9 Å². The lowest BCUT2D eigenvalue weighted by molar-refractivity contribution is -0.137. The quantitative estimate of drug-likeness (QED) is 0.721. The summed E-state index contributed by atoms with van der Waals surface area (Å²) in [5.41, 5.74) is -1.02. The van der Waals surface area contributed by atoms with E-state index < -0.39 is 21.8 Å². The molecule has 9 heteroatoms. The first-order valence-corrected chi connectivity index (χ1v) is 8.93. The third-order valence-corrected chi connectivity index (χ3v) is 4.26. The van der Waals surface area contributed by atoms with Crippen LogP contribution in [-0.4, -0.2) is 33.7 Å². The van der Waals surface area contributed by atoms with Crippen molar-refractivity contribution in [1.82, 2.24) is 5.32 Å². The molecule has 1 amide bonds. The van der Waals surface area contributed by atoms with Crippen molar-refractivity contribution in [3.05, 3.63) is 42.5 Å². The molecule has 0 atom stereocenters. The molecular weight excluding hydrogens is 345 g/mol. The van der Waals surface area contributed by atoms with E-state index in [1.165, 1.54) is 12.1 Å². The van der Waals surface area contributed by atoms with Crippen molar-refractivity contribution in [3.63, 3.8) is 0 Å². The molecule has 5 nitrogen and oxygen atoms in total. The van der Waals surface area contributed by atoms with E-state index in [0.29, 0.717) is 6.54 Å². The molecule has 0 aliphatic rings. The Kier molecular flexibility index (Phi) is 6.82. The molecule has 1 N–H and O–H groups in total. The summed E-state index contributed by atoms with van der Waals surface area (Å²) in [5.74, 6) is -0.285. The summed E-state index contributed by atoms with van der Waals surface area (Å²) < 4.78 is 62.9. The molecule has 1 rings (SSSR count). The molecule has 1 aromatic carbocycles. The van der Waals surface area contributed by atoms with Gasteiger partial charge in [0.05, 0.1) is 17.5 Å². The van der Waals surface area contributed by atoms with Gasteiger partial charge in [-0.25, -0.2) is 8.42 Å². The second-order valence-electron chi connectivity index (χ2n) is 5.08. The van der Waals surface area contributed by atoms with Gasteiger partial charge >= 0.3 is 6.18 Å². The second kappa shape index (κ2) is 8.18. The van der Waals surface area contributed by atoms with Crippen molar-refractivity contribution in [1.29, 1.82) is 0 Å². The molecule has 1 aromatic rings. The lowest BCUT2D eigenvalue weighted by Gasteiger charge is -2.23. The Balaban J connectivity index is 2.88. The molecule has 0 heterocycles. The van der Waals surface area contributed by atoms with Gasteiger partial charge in [0, 0.05) is 19.5 Å². The van der Waals surface area contributed by atoms with E-state index in [1.807, 2.05) is 0 Å². The smallest absolute Gasteiger partial charge is 0.353 e. The first-order valence-electron chi connectivity index (χ1n) is 7.08. The number of sulfonamides is 1. The highest BCUT2D eigenvalue weighted by molar-refractivity contribution is 7.92. The lowest BCUT2D eigenvalue weighted by Crippen LogP contribution is -2.32. The molecule has 0 saturated heterocycles. The van der Waals surface area contributed by atoms with Gasteiger partial charge in [-0.1, -0.05) is 12.1 Å². The number of alkyl halides is 3. The van der Waals surface area contributed by atoms with Crippen LogP contribution in [-0.2, 0) is 21.0 Å². The summed E-state index contributed by atoms with van der Waals surface area (Å²) in [6.07, 6.45) is -1.93. The largest absolute Gasteiger partial charge is 0.416 e. The zero-order chi connectivity index (χ0) is 18.4. The maximum Gasteiger partial charge on any atom is 0.416 e. The number of rotatable bonds is 8. The zero-order valence-corrected chi connectivity index (χ0v) is 14.0. The van der Waals surface area contributed by atoms with Crippen LogP contribution in [0.3, 0.4) is 0 Å². The molecule has 0 unspecified atom stereocenters. The number of carbonyl (C=O) groups is 1. The van der Waals surface area contributed by atoms with Gasteiger partial charge in [-0.3, -0.25) is 9.10 Å². The Morgan fingerprint density at radius 1 is 1.38 bits per heavy atom. The summed E-state index contributed by atoms with van der Waals surface area (Å²) in [7, 11) is -3.78. The summed E-state index contributed by atoms with van der Waals surface area (Å²) in [5, 5.41) is 2.54. The van der Waals surface area contributed by atoms with E-state index in [-0.39, 0.29) is 31.0 Å². The normalized spacial score (nSPS) is 11.8. The van der Waals surface area contributed by atoms with Gasteiger partial charge in [0.15, 0.2) is 0 Å². The van der Waals surface area contributed by atoms with Gasteiger partial charge in [-0.05, 0) is 24.6 Å². The van der Waals surface area contributed by atoms with Crippen molar-refractivity contribution >= 4 is 21.6 Å². The number of nitrogens with zero attached hydrogens (tertiary/aromatic N) is 1. The highest BCUT2D eigenvalue weighted by Crippen LogP contribution is 2.32. The highest BCUT2D eigenvalue weighted by atomic mass is 32.2. The minimum Gasteiger partial charge on any atom is -0.353 e. The van der Waals surface area contributed by atoms with E-state index in [4.69, 9.17) is 0 Å². The molecule has 0 aliphatic carbocycles. The molecule has 0 saturated carbocycles. The molecule has 134 valence electrons. The molecule has 24 heavy (non-hydrogen) atoms. The van der Waals surface area contributed by atoms with Crippen molar-refractivity contribution in [2.75, 3.05) is 23.7 Å². The van der Waals surface area contributed by atoms with Crippen molar-refractivity contribution in [2.24, 2.45) is 0 Å². The predicted molar refractivity (Wildman–Crippen MR) is 86.1 cm³/mol. The molecular formula is C15H19F3N2O3S. The van der Waals surface area contributed by atoms with Gasteiger partial charge in [-0.15, -0.1) is 6.58 Å². The predicted octanol–water partition coefficient (Wildman–Crippen LogP) is 2.55. The van der Waals surface area contributed by atoms with Crippen molar-refractivity contribution in [3.8, 4) is 0 Å². The van der Waals surface area contributed by atoms with E-state index in [0.717, 1.165) is 28.8 Å². The van der Waals surface area contributed by atoms with Crippen LogP contribution in [0, 0.1) is 0 Å². The fourth-order valence-electron chi connectivity index (χ4n) is 1.98. The third-order valence-electron chi connectivity index (χ3n) is 3.07. The standard InChI is InChI=1S/C15H19F3N2O3S/c1-3-9-19-14(21)8-5-10-20(24(2,22)23)13-7-4-6-12(11-13)15(16,17)18/h3-4,6-7,11H,1,5,8-10H2,2H3,(H,19,21). The lowest BCUT2D eigenvalue weighted by atomic mass is 10.2. The second-order valence-corrected chi connectivity index (χ2v) is 6.99. The van der Waals surface area contributed by atoms with E-state index in [2.05, 4.69) is 11.9 Å². The monoisotopic (exact) mass is 364 g/mol. The van der Waals surface area contributed by atoms with Gasteiger partial charge in [0.25, 0.3) is 0 Å². The number of benzene rings is 1. The Hall–Kier alpha value is -2.03. The van der Waals surface area contributed by atoms with Crippen molar-refractivity contribution < 1.29 is 26.4 Å². The van der Waals surface area contributed by atoms with Crippen LogP contribution in [0.15, 0.2) is 36.9 Å². The average molecular weight is 364 g/mol. The molecule has 0 fully saturated rings. The zero-order valence-electron chi connectivity index (χ0n) is 13.1. The number of anilines is 1. The third kappa shape index (κ3) is 6.23. The van der Waals surface area contributed by atoms with Gasteiger partial charge in [-0.2, -0.15) is 13.2 Å². The number of hydrogen-bond acceptors (Lipinski definition) is 3. The van der Waals surface area contributed by atoms with Crippen LogP contribution in [0.2, 0.25) is 0 Å². The average Bonchev–Trinajstić information content (AvgIpc) is 2.47. The molecule has 0 aliphatic heterocycles. The summed E-state index contributed by atoms with van der Waals surface area (Å²) in [4.78, 5) is 11.5. The number of carbonyl (C=O) groups excluding carboxylic acids is 1. The fourth-order valence-corrected chi connectivity index (χ4v) is 2.94. The van der Waals surface area contributed by atoms with Gasteiger partial charge < -0.3 is 5.32 Å². The minimum absolute atomic E-state index is 0.0544. The Labute approximate surface area is 139 Å². The first kappa shape index (κ1) is 20.0. The van der Waals surface area contributed by atoms with Crippen LogP contribution in [0.1, 0.15) is 18.4 Å². The number of hydrogen-bond donors (Lipinski definition) is 1. The van der Waals surface area contributed by atoms with Crippen LogP contribution in [0.5, 0.6) is 0 Å². The summed E-state index contributed by atoms with van der Waals surface area (Å²) in [6, 6.07) is 4.08. The Morgan fingerprint density at radius 2 is 2.04 bits per heavy atom. The topological polar surface area (TPSA) is 66.5 Å². The Morgan fingerprint density at radius 3 is 2.58 bits per heavy atom. The van der Waals surface area contributed by atoms with E-state index >= 15 is 0 Å². The van der Waals surface area contributed by atoms with Gasteiger partial charge in [0.2, 0.25) is 15.9 Å². The number of halogens is 3. The highest BCUT2D eigenvalue weighted by Gasteiger charge is 2.31. The minimum atomic E-state index is -4.57. The van der Waals surface area contributed by atoms with Crippen LogP contribution >= 0.6 is 0 Å². The molecule has 0 radical (unpaired) electrons. The maximum absolute atomic E-state index is 12.8. The first-order chi connectivity index (χ1) is 11.1. The van der Waals surface area contributed by atoms with Crippen molar-refractivity contribution in [2.45, 2.75) is 19.0 Å². The van der Waals surface area contributed by atoms with E-state index in [1.54, 1.807) is 0 Å². The van der Waals surface area contributed by atoms with Crippen LogP contribution in [0.25, 0.3) is 0 Å². The molecule has 0 aromatic heterocycles. The van der Waals surface area contributed by atoms with Gasteiger partial charge in [0.1, 0.15) is 0 Å². The maximum atomic E-state index is 12.8. The summed E-state index contributed by atoms with van der Waals surface area (Å²) >= 11 is 0. The SMILES string of the molecule is C=CCNC(=O)CCCN(c1cccc(C(F)(F)F)c1)S(C)(=O)=O. The molecule has 0 bridgehead atoms. The fraction of sp³-hybridized carbons (Fsp3) is 0.400. The Bertz CT molecular complexity index is 687. The molecule has 0 spiro atoms.